The van der Waals surface area contributed by atoms with Crippen LogP contribution in [-0.4, -0.2) is 13.7 Å². The van der Waals surface area contributed by atoms with E-state index in [0.717, 1.165) is 0 Å². The summed E-state index contributed by atoms with van der Waals surface area (Å²) in [5.41, 5.74) is 6.43. The number of nitriles is 1. The van der Waals surface area contributed by atoms with Crippen molar-refractivity contribution in [3.05, 3.63) is 29.3 Å². The normalized spacial score (nSPS) is 8.36. The molecule has 0 bridgehead atoms. The molecule has 14 heavy (non-hydrogen) atoms. The van der Waals surface area contributed by atoms with E-state index in [0.29, 0.717) is 16.9 Å². The summed E-state index contributed by atoms with van der Waals surface area (Å²) < 4.78 is 5.03. The SMILES string of the molecule is COc1ccc(C#N)c(C#CCN)c1. The molecular weight excluding hydrogens is 176 g/mol. The quantitative estimate of drug-likeness (QED) is 0.662. The number of benzene rings is 1. The summed E-state index contributed by atoms with van der Waals surface area (Å²) in [6.45, 7) is 0.280. The van der Waals surface area contributed by atoms with E-state index in [1.54, 1.807) is 25.3 Å². The van der Waals surface area contributed by atoms with Gasteiger partial charge in [-0.25, -0.2) is 0 Å². The Balaban J connectivity index is 3.16. The van der Waals surface area contributed by atoms with Gasteiger partial charge >= 0.3 is 0 Å². The third-order valence-corrected chi connectivity index (χ3v) is 1.67. The molecule has 0 saturated heterocycles. The minimum absolute atomic E-state index is 0.280. The van der Waals surface area contributed by atoms with Crippen LogP contribution in [0.2, 0.25) is 0 Å². The first-order valence-corrected chi connectivity index (χ1v) is 4.09. The summed E-state index contributed by atoms with van der Waals surface area (Å²) in [7, 11) is 1.57. The van der Waals surface area contributed by atoms with Gasteiger partial charge in [0.2, 0.25) is 0 Å². The number of nitrogens with zero attached hydrogens (tertiary/aromatic N) is 1. The number of methoxy groups -OCH3 is 1. The van der Waals surface area contributed by atoms with Gasteiger partial charge in [-0.05, 0) is 18.2 Å². The molecule has 0 heterocycles. The van der Waals surface area contributed by atoms with Crippen molar-refractivity contribution < 1.29 is 4.74 Å². The van der Waals surface area contributed by atoms with E-state index in [2.05, 4.69) is 17.9 Å². The summed E-state index contributed by atoms with van der Waals surface area (Å²) in [5, 5.41) is 8.79. The summed E-state index contributed by atoms with van der Waals surface area (Å²) in [6.07, 6.45) is 0. The molecule has 0 spiro atoms. The minimum Gasteiger partial charge on any atom is -0.497 e. The van der Waals surface area contributed by atoms with Gasteiger partial charge in [0, 0.05) is 5.56 Å². The fraction of sp³-hybridized carbons (Fsp3) is 0.182. The van der Waals surface area contributed by atoms with Gasteiger partial charge in [0.05, 0.1) is 19.2 Å². The fourth-order valence-electron chi connectivity index (χ4n) is 0.998. The first kappa shape index (κ1) is 10.1. The molecule has 2 N–H and O–H groups in total. The highest BCUT2D eigenvalue weighted by Crippen LogP contribution is 2.15. The van der Waals surface area contributed by atoms with Crippen molar-refractivity contribution >= 4 is 0 Å². The van der Waals surface area contributed by atoms with Crippen LogP contribution in [0.5, 0.6) is 5.75 Å². The Kier molecular flexibility index (Phi) is 3.55. The average Bonchev–Trinajstić information content (AvgIpc) is 2.25. The van der Waals surface area contributed by atoms with E-state index in [-0.39, 0.29) is 6.54 Å². The largest absolute Gasteiger partial charge is 0.497 e. The molecule has 3 heteroatoms. The zero-order chi connectivity index (χ0) is 10.4. The smallest absolute Gasteiger partial charge is 0.120 e. The molecule has 0 saturated carbocycles. The second-order valence-electron chi connectivity index (χ2n) is 2.53. The second-order valence-corrected chi connectivity index (χ2v) is 2.53. The van der Waals surface area contributed by atoms with Crippen LogP contribution in [0, 0.1) is 23.2 Å². The van der Waals surface area contributed by atoms with Crippen LogP contribution in [0.25, 0.3) is 0 Å². The molecule has 0 aliphatic rings. The fourth-order valence-corrected chi connectivity index (χ4v) is 0.998. The first-order valence-electron chi connectivity index (χ1n) is 4.09. The Morgan fingerprint density at radius 2 is 2.21 bits per heavy atom. The van der Waals surface area contributed by atoms with E-state index >= 15 is 0 Å². The van der Waals surface area contributed by atoms with E-state index in [9.17, 15) is 0 Å². The Hall–Kier alpha value is -1.97. The Morgan fingerprint density at radius 3 is 2.79 bits per heavy atom. The predicted octanol–water partition coefficient (Wildman–Crippen LogP) is 0.877. The Morgan fingerprint density at radius 1 is 1.43 bits per heavy atom. The number of nitrogens with two attached hydrogens (primary N) is 1. The molecule has 1 aromatic rings. The minimum atomic E-state index is 0.280. The molecule has 0 aliphatic heterocycles. The van der Waals surface area contributed by atoms with Crippen molar-refractivity contribution in [3.63, 3.8) is 0 Å². The lowest BCUT2D eigenvalue weighted by Gasteiger charge is -2.00. The van der Waals surface area contributed by atoms with Crippen LogP contribution in [0.1, 0.15) is 11.1 Å². The van der Waals surface area contributed by atoms with E-state index in [1.165, 1.54) is 0 Å². The maximum absolute atomic E-state index is 8.79. The zero-order valence-corrected chi connectivity index (χ0v) is 7.87. The Labute approximate surface area is 83.1 Å². The molecule has 0 amide bonds. The number of hydrogen-bond acceptors (Lipinski definition) is 3. The molecule has 1 aromatic carbocycles. The zero-order valence-electron chi connectivity index (χ0n) is 7.87. The monoisotopic (exact) mass is 186 g/mol. The van der Waals surface area contributed by atoms with Gasteiger partial charge in [0.25, 0.3) is 0 Å². The molecule has 1 rings (SSSR count). The molecule has 0 aromatic heterocycles. The molecule has 3 nitrogen and oxygen atoms in total. The number of ether oxygens (including phenoxy) is 1. The topological polar surface area (TPSA) is 59.0 Å². The molecule has 0 unspecified atom stereocenters. The van der Waals surface area contributed by atoms with E-state index < -0.39 is 0 Å². The number of hydrogen-bond donors (Lipinski definition) is 1. The standard InChI is InChI=1S/C11H10N2O/c1-14-11-5-4-10(8-13)9(7-11)3-2-6-12/h4-5,7H,6,12H2,1H3. The van der Waals surface area contributed by atoms with E-state index in [1.807, 2.05) is 0 Å². The van der Waals surface area contributed by atoms with Crippen LogP contribution < -0.4 is 10.5 Å². The third-order valence-electron chi connectivity index (χ3n) is 1.67. The third kappa shape index (κ3) is 2.26. The lowest BCUT2D eigenvalue weighted by Crippen LogP contribution is -1.94. The second kappa shape index (κ2) is 4.91. The van der Waals surface area contributed by atoms with Crippen LogP contribution in [0.4, 0.5) is 0 Å². The highest BCUT2D eigenvalue weighted by molar-refractivity contribution is 5.51. The van der Waals surface area contributed by atoms with Crippen LogP contribution in [0.15, 0.2) is 18.2 Å². The predicted molar refractivity (Wildman–Crippen MR) is 53.6 cm³/mol. The van der Waals surface area contributed by atoms with Crippen molar-refractivity contribution in [2.75, 3.05) is 13.7 Å². The van der Waals surface area contributed by atoms with E-state index in [4.69, 9.17) is 15.7 Å². The van der Waals surface area contributed by atoms with Gasteiger partial charge in [-0.2, -0.15) is 5.26 Å². The van der Waals surface area contributed by atoms with Crippen molar-refractivity contribution in [1.82, 2.24) is 0 Å². The molecular formula is C11H10N2O. The average molecular weight is 186 g/mol. The van der Waals surface area contributed by atoms with Gasteiger partial charge < -0.3 is 10.5 Å². The molecule has 0 aliphatic carbocycles. The highest BCUT2D eigenvalue weighted by Gasteiger charge is 2.00. The first-order chi connectivity index (χ1) is 6.81. The Bertz CT molecular complexity index is 421. The van der Waals surface area contributed by atoms with Crippen LogP contribution >= 0.6 is 0 Å². The van der Waals surface area contributed by atoms with Crippen molar-refractivity contribution in [1.29, 1.82) is 5.26 Å². The maximum atomic E-state index is 8.79. The molecule has 0 fully saturated rings. The highest BCUT2D eigenvalue weighted by atomic mass is 16.5. The summed E-state index contributed by atoms with van der Waals surface area (Å²) >= 11 is 0. The van der Waals surface area contributed by atoms with Crippen molar-refractivity contribution in [3.8, 4) is 23.7 Å². The molecule has 0 radical (unpaired) electrons. The van der Waals surface area contributed by atoms with Gasteiger partial charge in [-0.1, -0.05) is 11.8 Å². The summed E-state index contributed by atoms with van der Waals surface area (Å²) in [5.74, 6) is 6.21. The maximum Gasteiger partial charge on any atom is 0.120 e. The summed E-state index contributed by atoms with van der Waals surface area (Å²) in [4.78, 5) is 0. The molecule has 0 atom stereocenters. The lowest BCUT2D eigenvalue weighted by molar-refractivity contribution is 0.414. The van der Waals surface area contributed by atoms with Gasteiger partial charge in [0.1, 0.15) is 11.8 Å². The van der Waals surface area contributed by atoms with Crippen LogP contribution in [0.3, 0.4) is 0 Å². The van der Waals surface area contributed by atoms with Crippen LogP contribution in [-0.2, 0) is 0 Å². The van der Waals surface area contributed by atoms with Gasteiger partial charge in [0.15, 0.2) is 0 Å². The van der Waals surface area contributed by atoms with Crippen molar-refractivity contribution in [2.45, 2.75) is 0 Å². The van der Waals surface area contributed by atoms with Gasteiger partial charge in [-0.3, -0.25) is 0 Å². The lowest BCUT2D eigenvalue weighted by atomic mass is 10.1. The van der Waals surface area contributed by atoms with Gasteiger partial charge in [-0.15, -0.1) is 0 Å². The number of rotatable bonds is 1. The molecule has 70 valence electrons. The summed E-state index contributed by atoms with van der Waals surface area (Å²) in [6, 6.07) is 7.19. The van der Waals surface area contributed by atoms with Crippen molar-refractivity contribution in [2.24, 2.45) is 5.73 Å².